The van der Waals surface area contributed by atoms with E-state index in [4.69, 9.17) is 28.3 Å². The molecule has 1 heterocycles. The number of primary sulfonamides is 1. The van der Waals surface area contributed by atoms with Crippen molar-refractivity contribution in [2.24, 2.45) is 5.14 Å². The van der Waals surface area contributed by atoms with E-state index in [0.29, 0.717) is 22.9 Å². The van der Waals surface area contributed by atoms with Crippen LogP contribution in [0.5, 0.6) is 0 Å². The monoisotopic (exact) mass is 372 g/mol. The summed E-state index contributed by atoms with van der Waals surface area (Å²) in [7, 11) is -1.55. The molecule has 0 bridgehead atoms. The molecular weight excluding hydrogens is 355 g/mol. The van der Waals surface area contributed by atoms with Crippen LogP contribution < -0.4 is 5.14 Å². The third kappa shape index (κ3) is 3.49. The first kappa shape index (κ1) is 17.0. The normalized spacial score (nSPS) is 22.3. The summed E-state index contributed by atoms with van der Waals surface area (Å²) in [6.07, 6.45) is 4.61. The minimum Gasteiger partial charge on any atom is -0.301 e. The van der Waals surface area contributed by atoms with Crippen LogP contribution in [0, 0.1) is 0 Å². The zero-order valence-electron chi connectivity index (χ0n) is 12.7. The Morgan fingerprint density at radius 2 is 1.96 bits per heavy atom. The van der Waals surface area contributed by atoms with E-state index in [9.17, 15) is 8.42 Å². The molecule has 2 N–H and O–H groups in total. The number of halogens is 2. The van der Waals surface area contributed by atoms with Gasteiger partial charge in [0.1, 0.15) is 0 Å². The number of benzene rings is 1. The molecule has 1 aromatic carbocycles. The highest BCUT2D eigenvalue weighted by atomic mass is 35.5. The number of nitrogens with zero attached hydrogens (tertiary/aromatic N) is 1. The van der Waals surface area contributed by atoms with Crippen molar-refractivity contribution in [3.05, 3.63) is 55.9 Å². The first-order valence-electron chi connectivity index (χ1n) is 7.34. The van der Waals surface area contributed by atoms with Gasteiger partial charge in [-0.2, -0.15) is 0 Å². The van der Waals surface area contributed by atoms with Gasteiger partial charge < -0.3 is 4.90 Å². The Hall–Kier alpha value is -0.850. The fraction of sp³-hybridized carbons (Fsp3) is 0.375. The zero-order valence-corrected chi connectivity index (χ0v) is 15.0. The van der Waals surface area contributed by atoms with Gasteiger partial charge in [0.2, 0.25) is 10.0 Å². The van der Waals surface area contributed by atoms with Crippen molar-refractivity contribution in [2.45, 2.75) is 25.3 Å². The Bertz CT molecular complexity index is 816. The molecule has 1 unspecified atom stereocenters. The smallest absolute Gasteiger partial charge is 0.234 e. The quantitative estimate of drug-likeness (QED) is 0.864. The number of sulfonamides is 1. The van der Waals surface area contributed by atoms with Crippen LogP contribution in [0.3, 0.4) is 0 Å². The lowest BCUT2D eigenvalue weighted by Gasteiger charge is -2.35. The summed E-state index contributed by atoms with van der Waals surface area (Å²) < 4.78 is 22.9. The SMILES string of the molecule is CN1Cc2c(Cl)cc(Cl)cc2C(C2=CC=C(S(N)(=O)=O)CC2)C1. The number of hydrogen-bond acceptors (Lipinski definition) is 3. The highest BCUT2D eigenvalue weighted by molar-refractivity contribution is 7.93. The summed E-state index contributed by atoms with van der Waals surface area (Å²) in [6.45, 7) is 1.64. The van der Waals surface area contributed by atoms with Crippen molar-refractivity contribution in [3.8, 4) is 0 Å². The summed E-state index contributed by atoms with van der Waals surface area (Å²) in [5.41, 5.74) is 3.42. The number of rotatable bonds is 2. The molecule has 2 aliphatic rings. The van der Waals surface area contributed by atoms with Crippen LogP contribution in [-0.4, -0.2) is 26.9 Å². The topological polar surface area (TPSA) is 63.4 Å². The molecule has 1 aliphatic carbocycles. The van der Waals surface area contributed by atoms with Gasteiger partial charge in [-0.05, 0) is 49.2 Å². The Morgan fingerprint density at radius 1 is 1.22 bits per heavy atom. The number of fused-ring (bicyclic) bond motifs is 1. The first-order chi connectivity index (χ1) is 10.8. The Morgan fingerprint density at radius 3 is 2.57 bits per heavy atom. The number of hydrogen-bond donors (Lipinski definition) is 1. The maximum absolute atomic E-state index is 11.4. The molecule has 0 saturated heterocycles. The summed E-state index contributed by atoms with van der Waals surface area (Å²) in [5.74, 6) is 0.165. The fourth-order valence-corrected chi connectivity index (χ4v) is 4.54. The lowest BCUT2D eigenvalue weighted by molar-refractivity contribution is 0.292. The van der Waals surface area contributed by atoms with Crippen LogP contribution in [0.1, 0.15) is 29.9 Å². The van der Waals surface area contributed by atoms with Crippen LogP contribution in [0.25, 0.3) is 0 Å². The summed E-state index contributed by atoms with van der Waals surface area (Å²) in [4.78, 5) is 2.50. The second kappa shape index (κ2) is 6.22. The van der Waals surface area contributed by atoms with Gasteiger partial charge in [-0.3, -0.25) is 0 Å². The lowest BCUT2D eigenvalue weighted by Crippen LogP contribution is -2.32. The van der Waals surface area contributed by atoms with Crippen molar-refractivity contribution >= 4 is 33.2 Å². The number of nitrogens with two attached hydrogens (primary N) is 1. The van der Waals surface area contributed by atoms with Gasteiger partial charge in [0.15, 0.2) is 0 Å². The van der Waals surface area contributed by atoms with Crippen molar-refractivity contribution < 1.29 is 8.42 Å². The van der Waals surface area contributed by atoms with E-state index < -0.39 is 10.0 Å². The minimum atomic E-state index is -3.60. The Balaban J connectivity index is 2.03. The standard InChI is InChI=1S/C16H18Cl2N2O2S/c1-20-8-14(10-2-4-12(5-3-10)23(19,21)22)13-6-11(17)7-16(18)15(13)9-20/h2,4,6-7,14H,3,5,8-9H2,1H3,(H2,19,21,22). The molecule has 0 aromatic heterocycles. The molecule has 1 aliphatic heterocycles. The molecule has 0 fully saturated rings. The molecular formula is C16H18Cl2N2O2S. The predicted molar refractivity (Wildman–Crippen MR) is 94.0 cm³/mol. The second-order valence-electron chi connectivity index (χ2n) is 6.12. The van der Waals surface area contributed by atoms with E-state index in [1.165, 1.54) is 5.57 Å². The average Bonchev–Trinajstić information content (AvgIpc) is 2.47. The van der Waals surface area contributed by atoms with Crippen LogP contribution >= 0.6 is 23.2 Å². The molecule has 7 heteroatoms. The largest absolute Gasteiger partial charge is 0.301 e. The van der Waals surface area contributed by atoms with E-state index >= 15 is 0 Å². The third-order valence-corrected chi connectivity index (χ3v) is 6.08. The Labute approximate surface area is 146 Å². The molecule has 23 heavy (non-hydrogen) atoms. The van der Waals surface area contributed by atoms with Crippen molar-refractivity contribution in [2.75, 3.05) is 13.6 Å². The number of likely N-dealkylation sites (N-methyl/N-ethyl adjacent to an activating group) is 1. The number of allylic oxidation sites excluding steroid dienone is 3. The maximum Gasteiger partial charge on any atom is 0.234 e. The van der Waals surface area contributed by atoms with Crippen molar-refractivity contribution in [1.82, 2.24) is 4.90 Å². The van der Waals surface area contributed by atoms with E-state index in [0.717, 1.165) is 24.2 Å². The van der Waals surface area contributed by atoms with E-state index in [-0.39, 0.29) is 10.8 Å². The van der Waals surface area contributed by atoms with Gasteiger partial charge in [0, 0.05) is 29.1 Å². The van der Waals surface area contributed by atoms with Gasteiger partial charge in [-0.1, -0.05) is 34.9 Å². The highest BCUT2D eigenvalue weighted by Gasteiger charge is 2.29. The lowest BCUT2D eigenvalue weighted by atomic mass is 9.81. The third-order valence-electron chi connectivity index (χ3n) is 4.45. The molecule has 4 nitrogen and oxygen atoms in total. The van der Waals surface area contributed by atoms with Gasteiger partial charge in [0.05, 0.1) is 4.91 Å². The molecule has 0 saturated carbocycles. The molecule has 124 valence electrons. The van der Waals surface area contributed by atoms with Gasteiger partial charge >= 0.3 is 0 Å². The van der Waals surface area contributed by atoms with Crippen LogP contribution in [0.2, 0.25) is 10.0 Å². The van der Waals surface area contributed by atoms with Crippen molar-refractivity contribution in [1.29, 1.82) is 0 Å². The summed E-state index contributed by atoms with van der Waals surface area (Å²) in [5, 5.41) is 6.51. The summed E-state index contributed by atoms with van der Waals surface area (Å²) in [6, 6.07) is 3.74. The van der Waals surface area contributed by atoms with Gasteiger partial charge in [-0.25, -0.2) is 13.6 Å². The average molecular weight is 373 g/mol. The Kier molecular flexibility index (Phi) is 4.60. The molecule has 0 spiro atoms. The van der Waals surface area contributed by atoms with Crippen LogP contribution in [-0.2, 0) is 16.6 Å². The maximum atomic E-state index is 11.4. The molecule has 0 radical (unpaired) electrons. The molecule has 0 amide bonds. The van der Waals surface area contributed by atoms with E-state index in [1.54, 1.807) is 12.1 Å². The van der Waals surface area contributed by atoms with E-state index in [1.807, 2.05) is 12.1 Å². The van der Waals surface area contributed by atoms with Gasteiger partial charge in [0.25, 0.3) is 0 Å². The first-order valence-corrected chi connectivity index (χ1v) is 9.64. The summed E-state index contributed by atoms with van der Waals surface area (Å²) >= 11 is 12.5. The van der Waals surface area contributed by atoms with Gasteiger partial charge in [-0.15, -0.1) is 0 Å². The highest BCUT2D eigenvalue weighted by Crippen LogP contribution is 2.41. The van der Waals surface area contributed by atoms with Crippen LogP contribution in [0.15, 0.2) is 34.8 Å². The van der Waals surface area contributed by atoms with Crippen LogP contribution in [0.4, 0.5) is 0 Å². The van der Waals surface area contributed by atoms with E-state index in [2.05, 4.69) is 11.9 Å². The zero-order chi connectivity index (χ0) is 16.8. The fourth-order valence-electron chi connectivity index (χ4n) is 3.32. The molecule has 1 aromatic rings. The second-order valence-corrected chi connectivity index (χ2v) is 8.58. The predicted octanol–water partition coefficient (Wildman–Crippen LogP) is 3.42. The minimum absolute atomic E-state index is 0.165. The van der Waals surface area contributed by atoms with Crippen molar-refractivity contribution in [3.63, 3.8) is 0 Å². The molecule has 1 atom stereocenters. The molecule has 3 rings (SSSR count).